The first-order chi connectivity index (χ1) is 16.7. The Hall–Kier alpha value is -4.02. The number of halogens is 1. The van der Waals surface area contributed by atoms with Gasteiger partial charge in [0.05, 0.1) is 16.2 Å². The lowest BCUT2D eigenvalue weighted by Crippen LogP contribution is -2.37. The summed E-state index contributed by atoms with van der Waals surface area (Å²) in [5, 5.41) is 11.3. The number of carbonyl (C=O) groups excluding carboxylic acids is 3. The Labute approximate surface area is 201 Å². The molecule has 1 fully saturated rings. The first-order valence-corrected chi connectivity index (χ1v) is 11.2. The molecule has 1 saturated heterocycles. The van der Waals surface area contributed by atoms with Gasteiger partial charge in [-0.05, 0) is 49.1 Å². The Kier molecular flexibility index (Phi) is 8.34. The van der Waals surface area contributed by atoms with Gasteiger partial charge in [-0.3, -0.25) is 19.7 Å². The molecule has 3 rings (SSSR count). The van der Waals surface area contributed by atoms with Gasteiger partial charge in [0.25, 0.3) is 11.6 Å². The fraction of sp³-hybridized carbons (Fsp3) is 0.375. The topological polar surface area (TPSA) is 136 Å². The lowest BCUT2D eigenvalue weighted by molar-refractivity contribution is -0.384. The monoisotopic (exact) mass is 486 g/mol. The van der Waals surface area contributed by atoms with E-state index in [1.165, 1.54) is 24.3 Å². The molecule has 10 nitrogen and oxygen atoms in total. The highest BCUT2D eigenvalue weighted by atomic mass is 19.1. The zero-order chi connectivity index (χ0) is 25.5. The van der Waals surface area contributed by atoms with E-state index in [2.05, 4.69) is 6.92 Å². The van der Waals surface area contributed by atoms with Gasteiger partial charge in [0.15, 0.2) is 6.61 Å². The molecule has 0 radical (unpaired) electrons. The molecule has 11 heteroatoms. The van der Waals surface area contributed by atoms with Crippen LogP contribution in [0.3, 0.4) is 0 Å². The van der Waals surface area contributed by atoms with E-state index in [0.29, 0.717) is 30.4 Å². The van der Waals surface area contributed by atoms with Crippen LogP contribution in [-0.2, 0) is 14.3 Å². The number of nitro groups is 1. The van der Waals surface area contributed by atoms with Gasteiger partial charge in [0.2, 0.25) is 5.91 Å². The molecular weight excluding hydrogens is 459 g/mol. The summed E-state index contributed by atoms with van der Waals surface area (Å²) in [6, 6.07) is 9.00. The second-order valence-electron chi connectivity index (χ2n) is 8.44. The van der Waals surface area contributed by atoms with Crippen LogP contribution in [0.15, 0.2) is 42.5 Å². The van der Waals surface area contributed by atoms with E-state index in [-0.39, 0.29) is 24.2 Å². The summed E-state index contributed by atoms with van der Waals surface area (Å²) in [5.41, 5.74) is 5.72. The van der Waals surface area contributed by atoms with Crippen LogP contribution in [0.4, 0.5) is 21.5 Å². The van der Waals surface area contributed by atoms with E-state index < -0.39 is 35.1 Å². The molecule has 2 amide bonds. The Morgan fingerprint density at radius 3 is 2.43 bits per heavy atom. The van der Waals surface area contributed by atoms with Gasteiger partial charge in [-0.25, -0.2) is 9.18 Å². The van der Waals surface area contributed by atoms with Crippen LogP contribution in [0.5, 0.6) is 0 Å². The third-order valence-electron chi connectivity index (χ3n) is 5.88. The molecule has 0 aliphatic carbocycles. The van der Waals surface area contributed by atoms with E-state index in [9.17, 15) is 28.9 Å². The molecule has 0 saturated carbocycles. The van der Waals surface area contributed by atoms with Crippen molar-refractivity contribution in [3.8, 4) is 0 Å². The van der Waals surface area contributed by atoms with Crippen molar-refractivity contribution in [1.82, 2.24) is 0 Å². The highest BCUT2D eigenvalue weighted by Crippen LogP contribution is 2.30. The van der Waals surface area contributed by atoms with Crippen molar-refractivity contribution in [2.24, 2.45) is 11.7 Å². The van der Waals surface area contributed by atoms with Crippen molar-refractivity contribution in [2.45, 2.75) is 26.2 Å². The maximum absolute atomic E-state index is 13.3. The van der Waals surface area contributed by atoms with Crippen LogP contribution in [-0.4, -0.2) is 48.9 Å². The average molecular weight is 487 g/mol. The number of amides is 2. The number of ether oxygens (including phenoxy) is 1. The highest BCUT2D eigenvalue weighted by molar-refractivity contribution is 6.00. The fourth-order valence-electron chi connectivity index (χ4n) is 3.85. The predicted octanol–water partition coefficient (Wildman–Crippen LogP) is 3.04. The van der Waals surface area contributed by atoms with Gasteiger partial charge in [0, 0.05) is 43.9 Å². The minimum atomic E-state index is -0.885. The number of rotatable bonds is 9. The summed E-state index contributed by atoms with van der Waals surface area (Å²) in [4.78, 5) is 50.9. The number of nitro benzene ring substituents is 1. The normalized spacial score (nSPS) is 13.8. The number of carbonyl (C=O) groups is 3. The zero-order valence-corrected chi connectivity index (χ0v) is 19.3. The Balaban J connectivity index is 1.78. The molecule has 1 aliphatic rings. The number of anilines is 2. The maximum atomic E-state index is 13.3. The maximum Gasteiger partial charge on any atom is 0.341 e. The number of nitrogens with two attached hydrogens (primary N) is 1. The van der Waals surface area contributed by atoms with Crippen LogP contribution in [0.1, 0.15) is 36.5 Å². The SMILES string of the molecule is CC1CCN(c2ccc([N+](=O)[O-])cc2C(=O)OCC(=O)N(CCC(N)=O)c2ccc(F)cc2)CC1. The number of non-ortho nitro benzene ring substituents is 1. The summed E-state index contributed by atoms with van der Waals surface area (Å²) in [6.07, 6.45) is 1.67. The lowest BCUT2D eigenvalue weighted by Gasteiger charge is -2.33. The van der Waals surface area contributed by atoms with Crippen LogP contribution >= 0.6 is 0 Å². The molecule has 0 spiro atoms. The highest BCUT2D eigenvalue weighted by Gasteiger charge is 2.26. The number of hydrogen-bond donors (Lipinski definition) is 1. The quantitative estimate of drug-likeness (QED) is 0.327. The van der Waals surface area contributed by atoms with E-state index >= 15 is 0 Å². The molecule has 2 aromatic rings. The van der Waals surface area contributed by atoms with Crippen LogP contribution in [0.2, 0.25) is 0 Å². The third kappa shape index (κ3) is 6.75. The number of esters is 1. The van der Waals surface area contributed by atoms with Gasteiger partial charge in [-0.1, -0.05) is 6.92 Å². The van der Waals surface area contributed by atoms with Gasteiger partial charge in [-0.2, -0.15) is 0 Å². The molecular formula is C24H27FN4O6. The molecule has 35 heavy (non-hydrogen) atoms. The van der Waals surface area contributed by atoms with Crippen LogP contribution in [0, 0.1) is 21.8 Å². The summed E-state index contributed by atoms with van der Waals surface area (Å²) < 4.78 is 18.6. The minimum absolute atomic E-state index is 0.00739. The Morgan fingerprint density at radius 2 is 1.83 bits per heavy atom. The zero-order valence-electron chi connectivity index (χ0n) is 19.3. The predicted molar refractivity (Wildman–Crippen MR) is 127 cm³/mol. The first kappa shape index (κ1) is 25.6. The average Bonchev–Trinajstić information content (AvgIpc) is 2.83. The second-order valence-corrected chi connectivity index (χ2v) is 8.44. The fourth-order valence-corrected chi connectivity index (χ4v) is 3.85. The molecule has 2 N–H and O–H groups in total. The third-order valence-corrected chi connectivity index (χ3v) is 5.88. The van der Waals surface area contributed by atoms with Crippen LogP contribution < -0.4 is 15.5 Å². The van der Waals surface area contributed by atoms with E-state index in [0.717, 1.165) is 35.9 Å². The van der Waals surface area contributed by atoms with Gasteiger partial charge < -0.3 is 20.3 Å². The smallest absolute Gasteiger partial charge is 0.341 e. The largest absolute Gasteiger partial charge is 0.452 e. The minimum Gasteiger partial charge on any atom is -0.452 e. The van der Waals surface area contributed by atoms with Crippen LogP contribution in [0.25, 0.3) is 0 Å². The number of nitrogens with zero attached hydrogens (tertiary/aromatic N) is 3. The molecule has 0 aromatic heterocycles. The molecule has 186 valence electrons. The standard InChI is InChI=1S/C24H27FN4O6/c1-16-8-11-27(12-9-16)21-7-6-19(29(33)34)14-20(21)24(32)35-15-23(31)28(13-10-22(26)30)18-4-2-17(25)3-5-18/h2-7,14,16H,8-13,15H2,1H3,(H2,26,30). The summed E-state index contributed by atoms with van der Waals surface area (Å²) in [5.74, 6) is -2.16. The summed E-state index contributed by atoms with van der Waals surface area (Å²) in [7, 11) is 0. The number of primary amides is 1. The van der Waals surface area contributed by atoms with Gasteiger partial charge >= 0.3 is 5.97 Å². The first-order valence-electron chi connectivity index (χ1n) is 11.2. The van der Waals surface area contributed by atoms with Gasteiger partial charge in [0.1, 0.15) is 5.82 Å². The second kappa shape index (κ2) is 11.4. The number of benzene rings is 2. The van der Waals surface area contributed by atoms with Crippen molar-refractivity contribution in [2.75, 3.05) is 36.0 Å². The number of hydrogen-bond acceptors (Lipinski definition) is 7. The van der Waals surface area contributed by atoms with Crippen molar-refractivity contribution in [1.29, 1.82) is 0 Å². The van der Waals surface area contributed by atoms with E-state index in [1.807, 2.05) is 4.90 Å². The Morgan fingerprint density at radius 1 is 1.17 bits per heavy atom. The summed E-state index contributed by atoms with van der Waals surface area (Å²) >= 11 is 0. The molecule has 0 atom stereocenters. The van der Waals surface area contributed by atoms with Gasteiger partial charge in [-0.15, -0.1) is 0 Å². The Bertz CT molecular complexity index is 1100. The molecule has 0 bridgehead atoms. The van der Waals surface area contributed by atoms with E-state index in [1.54, 1.807) is 0 Å². The molecule has 0 unspecified atom stereocenters. The lowest BCUT2D eigenvalue weighted by atomic mass is 9.98. The molecule has 2 aromatic carbocycles. The van der Waals surface area contributed by atoms with Crippen molar-refractivity contribution < 1.29 is 28.4 Å². The van der Waals surface area contributed by atoms with Crippen molar-refractivity contribution in [3.05, 3.63) is 64.0 Å². The number of piperidine rings is 1. The van der Waals surface area contributed by atoms with Crippen molar-refractivity contribution >= 4 is 34.8 Å². The summed E-state index contributed by atoms with van der Waals surface area (Å²) in [6.45, 7) is 2.73. The molecule has 1 aliphatic heterocycles. The van der Waals surface area contributed by atoms with Crippen molar-refractivity contribution in [3.63, 3.8) is 0 Å². The molecule has 1 heterocycles. The van der Waals surface area contributed by atoms with E-state index in [4.69, 9.17) is 10.5 Å².